The molecule has 1 heterocycles. The molecule has 2 rings (SSSR count). The summed E-state index contributed by atoms with van der Waals surface area (Å²) in [5, 5.41) is 4.27. The van der Waals surface area contributed by atoms with Gasteiger partial charge in [0.1, 0.15) is 12.2 Å². The molecular formula is C12H23N5. The molecule has 1 aliphatic carbocycles. The van der Waals surface area contributed by atoms with E-state index in [9.17, 15) is 0 Å². The first-order valence-corrected chi connectivity index (χ1v) is 6.66. The third-order valence-electron chi connectivity index (χ3n) is 3.19. The second kappa shape index (κ2) is 6.12. The molecule has 0 aliphatic heterocycles. The van der Waals surface area contributed by atoms with Gasteiger partial charge in [0.25, 0.3) is 0 Å². The lowest BCUT2D eigenvalue weighted by atomic mass is 10.3. The van der Waals surface area contributed by atoms with Gasteiger partial charge in [-0.1, -0.05) is 6.92 Å². The second-order valence-electron chi connectivity index (χ2n) is 4.74. The van der Waals surface area contributed by atoms with Crippen molar-refractivity contribution in [3.63, 3.8) is 0 Å². The highest BCUT2D eigenvalue weighted by molar-refractivity contribution is 4.91. The molecule has 0 atom stereocenters. The van der Waals surface area contributed by atoms with E-state index in [4.69, 9.17) is 5.73 Å². The fraction of sp³-hybridized carbons (Fsp3) is 0.833. The van der Waals surface area contributed by atoms with Gasteiger partial charge in [0.2, 0.25) is 0 Å². The van der Waals surface area contributed by atoms with Crippen molar-refractivity contribution in [1.82, 2.24) is 19.7 Å². The van der Waals surface area contributed by atoms with Crippen LogP contribution in [0.5, 0.6) is 0 Å². The maximum Gasteiger partial charge on any atom is 0.141 e. The largest absolute Gasteiger partial charge is 0.330 e. The molecule has 1 saturated carbocycles. The summed E-state index contributed by atoms with van der Waals surface area (Å²) < 4.78 is 2.03. The van der Waals surface area contributed by atoms with E-state index >= 15 is 0 Å². The molecule has 0 spiro atoms. The van der Waals surface area contributed by atoms with Gasteiger partial charge in [-0.2, -0.15) is 5.10 Å². The molecule has 0 aromatic carbocycles. The van der Waals surface area contributed by atoms with Crippen LogP contribution in [0.2, 0.25) is 0 Å². The van der Waals surface area contributed by atoms with Crippen molar-refractivity contribution in [2.75, 3.05) is 13.1 Å². The topological polar surface area (TPSA) is 60.0 Å². The molecule has 0 unspecified atom stereocenters. The van der Waals surface area contributed by atoms with Crippen molar-refractivity contribution >= 4 is 0 Å². The first kappa shape index (κ1) is 12.5. The summed E-state index contributed by atoms with van der Waals surface area (Å²) >= 11 is 0. The summed E-state index contributed by atoms with van der Waals surface area (Å²) in [5.41, 5.74) is 5.59. The Morgan fingerprint density at radius 3 is 3.00 bits per heavy atom. The number of aromatic nitrogens is 3. The summed E-state index contributed by atoms with van der Waals surface area (Å²) in [6, 6.07) is 0.758. The van der Waals surface area contributed by atoms with Crippen LogP contribution in [0.4, 0.5) is 0 Å². The van der Waals surface area contributed by atoms with Crippen LogP contribution in [-0.4, -0.2) is 38.8 Å². The number of nitrogens with two attached hydrogens (primary N) is 1. The predicted octanol–water partition coefficient (Wildman–Crippen LogP) is 1.00. The Bertz CT molecular complexity index is 331. The normalized spacial score (nSPS) is 15.7. The zero-order valence-corrected chi connectivity index (χ0v) is 10.7. The lowest BCUT2D eigenvalue weighted by molar-refractivity contribution is 0.241. The van der Waals surface area contributed by atoms with Gasteiger partial charge in [0.05, 0.1) is 6.54 Å². The number of hydrogen-bond acceptors (Lipinski definition) is 4. The van der Waals surface area contributed by atoms with Crippen LogP contribution in [0.25, 0.3) is 0 Å². The summed E-state index contributed by atoms with van der Waals surface area (Å²) in [4.78, 5) is 6.87. The molecule has 17 heavy (non-hydrogen) atoms. The minimum absolute atomic E-state index is 0.758. The molecule has 1 fully saturated rings. The number of aryl methyl sites for hydroxylation is 1. The van der Waals surface area contributed by atoms with Crippen LogP contribution in [0.15, 0.2) is 6.33 Å². The third kappa shape index (κ3) is 3.51. The monoisotopic (exact) mass is 237 g/mol. The Labute approximate surface area is 103 Å². The molecule has 0 radical (unpaired) electrons. The van der Waals surface area contributed by atoms with Crippen molar-refractivity contribution in [1.29, 1.82) is 0 Å². The Hall–Kier alpha value is -0.940. The maximum absolute atomic E-state index is 5.59. The fourth-order valence-electron chi connectivity index (χ4n) is 2.12. The van der Waals surface area contributed by atoms with Gasteiger partial charge in [-0.05, 0) is 32.2 Å². The summed E-state index contributed by atoms with van der Waals surface area (Å²) in [7, 11) is 0. The Balaban J connectivity index is 1.93. The molecular weight excluding hydrogens is 214 g/mol. The first-order chi connectivity index (χ1) is 8.35. The molecule has 1 aromatic heterocycles. The van der Waals surface area contributed by atoms with Crippen molar-refractivity contribution < 1.29 is 0 Å². The van der Waals surface area contributed by atoms with Gasteiger partial charge < -0.3 is 5.73 Å². The lowest BCUT2D eigenvalue weighted by Crippen LogP contribution is -2.29. The molecule has 5 heteroatoms. The minimum atomic E-state index is 0.758. The van der Waals surface area contributed by atoms with Crippen LogP contribution in [-0.2, 0) is 13.1 Å². The highest BCUT2D eigenvalue weighted by Crippen LogP contribution is 2.27. The van der Waals surface area contributed by atoms with E-state index < -0.39 is 0 Å². The van der Waals surface area contributed by atoms with Gasteiger partial charge in [0, 0.05) is 19.1 Å². The lowest BCUT2D eigenvalue weighted by Gasteiger charge is -2.21. The van der Waals surface area contributed by atoms with Gasteiger partial charge in [-0.25, -0.2) is 9.67 Å². The maximum atomic E-state index is 5.59. The van der Waals surface area contributed by atoms with Gasteiger partial charge in [-0.15, -0.1) is 0 Å². The van der Waals surface area contributed by atoms with E-state index in [0.29, 0.717) is 0 Å². The molecule has 5 nitrogen and oxygen atoms in total. The zero-order chi connectivity index (χ0) is 12.1. The highest BCUT2D eigenvalue weighted by atomic mass is 15.4. The first-order valence-electron chi connectivity index (χ1n) is 6.66. The number of nitrogens with zero attached hydrogens (tertiary/aromatic N) is 4. The predicted molar refractivity (Wildman–Crippen MR) is 67.4 cm³/mol. The van der Waals surface area contributed by atoms with Crippen molar-refractivity contribution in [3.8, 4) is 0 Å². The van der Waals surface area contributed by atoms with Crippen molar-refractivity contribution in [2.24, 2.45) is 5.73 Å². The van der Waals surface area contributed by atoms with Crippen molar-refractivity contribution in [2.45, 2.75) is 51.7 Å². The van der Waals surface area contributed by atoms with Crippen LogP contribution in [0, 0.1) is 0 Å². The second-order valence-corrected chi connectivity index (χ2v) is 4.74. The molecule has 1 aromatic rings. The van der Waals surface area contributed by atoms with E-state index in [-0.39, 0.29) is 0 Å². The van der Waals surface area contributed by atoms with Gasteiger partial charge in [-0.3, -0.25) is 4.90 Å². The molecule has 0 saturated heterocycles. The van der Waals surface area contributed by atoms with Crippen LogP contribution < -0.4 is 5.73 Å². The van der Waals surface area contributed by atoms with E-state index in [2.05, 4.69) is 21.9 Å². The summed E-state index contributed by atoms with van der Waals surface area (Å²) in [5.74, 6) is 1.09. The van der Waals surface area contributed by atoms with E-state index in [0.717, 1.165) is 50.9 Å². The number of rotatable bonds is 8. The van der Waals surface area contributed by atoms with E-state index in [1.54, 1.807) is 6.33 Å². The molecule has 2 N–H and O–H groups in total. The average molecular weight is 237 g/mol. The molecule has 0 amide bonds. The smallest absolute Gasteiger partial charge is 0.141 e. The van der Waals surface area contributed by atoms with Crippen LogP contribution in [0.3, 0.4) is 0 Å². The standard InChI is InChI=1S/C12H23N5/c1-2-7-17-12(14-10-15-17)9-16(8-3-6-13)11-4-5-11/h10-11H,2-9,13H2,1H3. The quantitative estimate of drug-likeness (QED) is 0.733. The average Bonchev–Trinajstić information content (AvgIpc) is 3.08. The van der Waals surface area contributed by atoms with E-state index in [1.165, 1.54) is 12.8 Å². The fourth-order valence-corrected chi connectivity index (χ4v) is 2.12. The van der Waals surface area contributed by atoms with Crippen LogP contribution >= 0.6 is 0 Å². The molecule has 0 bridgehead atoms. The van der Waals surface area contributed by atoms with Crippen molar-refractivity contribution in [3.05, 3.63) is 12.2 Å². The van der Waals surface area contributed by atoms with E-state index in [1.807, 2.05) is 4.68 Å². The Morgan fingerprint density at radius 1 is 1.53 bits per heavy atom. The minimum Gasteiger partial charge on any atom is -0.330 e. The summed E-state index contributed by atoms with van der Waals surface area (Å²) in [6.07, 6.45) is 6.49. The molecule has 1 aliphatic rings. The molecule has 96 valence electrons. The van der Waals surface area contributed by atoms with Gasteiger partial charge >= 0.3 is 0 Å². The van der Waals surface area contributed by atoms with Gasteiger partial charge in [0.15, 0.2) is 0 Å². The summed E-state index contributed by atoms with van der Waals surface area (Å²) in [6.45, 7) is 5.90. The zero-order valence-electron chi connectivity index (χ0n) is 10.7. The number of hydrogen-bond donors (Lipinski definition) is 1. The highest BCUT2D eigenvalue weighted by Gasteiger charge is 2.29. The Kier molecular flexibility index (Phi) is 4.50. The Morgan fingerprint density at radius 2 is 2.35 bits per heavy atom. The third-order valence-corrected chi connectivity index (χ3v) is 3.19. The SMILES string of the molecule is CCCn1ncnc1CN(CCCN)C1CC1. The van der Waals surface area contributed by atoms with Crippen LogP contribution in [0.1, 0.15) is 38.4 Å².